The number of carbonyl (C=O) groups excluding carboxylic acids is 1. The molecule has 4 heteroatoms. The molecule has 0 aliphatic carbocycles. The minimum atomic E-state index is -0.224. The van der Waals surface area contributed by atoms with Crippen LogP contribution < -0.4 is 0 Å². The number of phenolic OH excluding ortho intramolecular Hbond substituents is 2. The Bertz CT molecular complexity index is 347. The molecule has 1 rings (SSSR count). The van der Waals surface area contributed by atoms with E-state index >= 15 is 0 Å². The smallest absolute Gasteiger partial charge is 0.161 e. The lowest BCUT2D eigenvalue weighted by Gasteiger charge is -2.04. The molecule has 0 aliphatic heterocycles. The highest BCUT2D eigenvalue weighted by Crippen LogP contribution is 2.32. The Balaban J connectivity index is 3.12. The largest absolute Gasteiger partial charge is 0.504 e. The number of Topliss-reactive ketones (excluding diaryl/α,β-unsaturated/α-hetero) is 1. The van der Waals surface area contributed by atoms with Crippen molar-refractivity contribution in [2.45, 2.75) is 13.3 Å². The molecule has 0 spiro atoms. The van der Waals surface area contributed by atoms with Gasteiger partial charge in [-0.1, -0.05) is 15.9 Å². The van der Waals surface area contributed by atoms with Crippen LogP contribution in [0.2, 0.25) is 0 Å². The van der Waals surface area contributed by atoms with Gasteiger partial charge < -0.3 is 10.2 Å². The van der Waals surface area contributed by atoms with E-state index in [1.54, 1.807) is 6.07 Å². The van der Waals surface area contributed by atoms with Gasteiger partial charge in [-0.15, -0.1) is 0 Å². The van der Waals surface area contributed by atoms with Crippen molar-refractivity contribution in [3.05, 3.63) is 22.2 Å². The van der Waals surface area contributed by atoms with Crippen LogP contribution in [0.4, 0.5) is 0 Å². The maximum Gasteiger partial charge on any atom is 0.161 e. The molecular formula is C9H9BrO3. The zero-order chi connectivity index (χ0) is 10.0. The van der Waals surface area contributed by atoms with Crippen LogP contribution in [0.3, 0.4) is 0 Å². The van der Waals surface area contributed by atoms with Gasteiger partial charge in [0.25, 0.3) is 0 Å². The van der Waals surface area contributed by atoms with E-state index < -0.39 is 0 Å². The number of ketones is 1. The van der Waals surface area contributed by atoms with Gasteiger partial charge in [0.1, 0.15) is 5.78 Å². The second-order valence-electron chi connectivity index (χ2n) is 2.81. The van der Waals surface area contributed by atoms with Crippen LogP contribution in [0.25, 0.3) is 0 Å². The molecule has 0 saturated heterocycles. The molecule has 13 heavy (non-hydrogen) atoms. The van der Waals surface area contributed by atoms with Gasteiger partial charge in [-0.25, -0.2) is 0 Å². The number of rotatable bonds is 2. The van der Waals surface area contributed by atoms with Gasteiger partial charge >= 0.3 is 0 Å². The molecule has 0 atom stereocenters. The minimum Gasteiger partial charge on any atom is -0.504 e. The molecule has 0 unspecified atom stereocenters. The van der Waals surface area contributed by atoms with Crippen LogP contribution in [0.15, 0.2) is 16.6 Å². The number of aromatic hydroxyl groups is 2. The number of phenols is 2. The molecule has 0 saturated carbocycles. The summed E-state index contributed by atoms with van der Waals surface area (Å²) in [4.78, 5) is 10.8. The monoisotopic (exact) mass is 244 g/mol. The summed E-state index contributed by atoms with van der Waals surface area (Å²) in [5.41, 5.74) is 0.430. The number of carbonyl (C=O) groups is 1. The SMILES string of the molecule is CC(=O)Cc1cc(Br)cc(O)c1O. The molecular weight excluding hydrogens is 236 g/mol. The fourth-order valence-corrected chi connectivity index (χ4v) is 1.54. The van der Waals surface area contributed by atoms with Crippen molar-refractivity contribution in [3.63, 3.8) is 0 Å². The van der Waals surface area contributed by atoms with Crippen molar-refractivity contribution in [3.8, 4) is 11.5 Å². The Morgan fingerprint density at radius 2 is 2.08 bits per heavy atom. The van der Waals surface area contributed by atoms with Crippen LogP contribution in [-0.4, -0.2) is 16.0 Å². The van der Waals surface area contributed by atoms with E-state index in [4.69, 9.17) is 0 Å². The number of hydrogen-bond acceptors (Lipinski definition) is 3. The predicted octanol–water partition coefficient (Wildman–Crippen LogP) is 1.99. The van der Waals surface area contributed by atoms with Crippen molar-refractivity contribution in [2.75, 3.05) is 0 Å². The lowest BCUT2D eigenvalue weighted by Crippen LogP contribution is -1.96. The zero-order valence-corrected chi connectivity index (χ0v) is 8.63. The zero-order valence-electron chi connectivity index (χ0n) is 7.04. The summed E-state index contributed by atoms with van der Waals surface area (Å²) in [6, 6.07) is 2.98. The standard InChI is InChI=1S/C9H9BrO3/c1-5(11)2-6-3-7(10)4-8(12)9(6)13/h3-4,12-13H,2H2,1H3. The Morgan fingerprint density at radius 3 is 2.62 bits per heavy atom. The van der Waals surface area contributed by atoms with Gasteiger partial charge in [0.05, 0.1) is 0 Å². The summed E-state index contributed by atoms with van der Waals surface area (Å²) in [5, 5.41) is 18.6. The molecule has 3 nitrogen and oxygen atoms in total. The molecule has 0 bridgehead atoms. The number of hydrogen-bond donors (Lipinski definition) is 2. The summed E-state index contributed by atoms with van der Waals surface area (Å²) in [6.45, 7) is 1.43. The second kappa shape index (κ2) is 3.79. The quantitative estimate of drug-likeness (QED) is 0.783. The first-order valence-corrected chi connectivity index (χ1v) is 4.50. The van der Waals surface area contributed by atoms with E-state index in [-0.39, 0.29) is 23.7 Å². The van der Waals surface area contributed by atoms with E-state index in [0.29, 0.717) is 10.0 Å². The third-order valence-electron chi connectivity index (χ3n) is 1.57. The van der Waals surface area contributed by atoms with E-state index in [1.807, 2.05) is 0 Å². The maximum absolute atomic E-state index is 10.8. The first kappa shape index (κ1) is 10.1. The minimum absolute atomic E-state index is 0.0622. The average Bonchev–Trinajstić information content (AvgIpc) is 1.98. The van der Waals surface area contributed by atoms with Crippen LogP contribution >= 0.6 is 15.9 Å². The molecule has 0 aliphatic rings. The third-order valence-corrected chi connectivity index (χ3v) is 2.03. The predicted molar refractivity (Wildman–Crippen MR) is 51.9 cm³/mol. The fourth-order valence-electron chi connectivity index (χ4n) is 1.04. The normalized spacial score (nSPS) is 10.0. The van der Waals surface area contributed by atoms with Crippen LogP contribution in [0, 0.1) is 0 Å². The van der Waals surface area contributed by atoms with Crippen LogP contribution in [0.5, 0.6) is 11.5 Å². The Kier molecular flexibility index (Phi) is 2.93. The van der Waals surface area contributed by atoms with Gasteiger partial charge in [-0.2, -0.15) is 0 Å². The lowest BCUT2D eigenvalue weighted by atomic mass is 10.1. The Hall–Kier alpha value is -1.03. The molecule has 70 valence electrons. The number of benzene rings is 1. The number of halogens is 1. The third kappa shape index (κ3) is 2.45. The van der Waals surface area contributed by atoms with Crippen molar-refractivity contribution in [2.24, 2.45) is 0 Å². The summed E-state index contributed by atoms with van der Waals surface area (Å²) in [7, 11) is 0. The Labute approximate surface area is 84.1 Å². The summed E-state index contributed by atoms with van der Waals surface area (Å²) in [6.07, 6.45) is 0.124. The van der Waals surface area contributed by atoms with E-state index in [0.717, 1.165) is 0 Å². The van der Waals surface area contributed by atoms with E-state index in [1.165, 1.54) is 13.0 Å². The molecule has 2 N–H and O–H groups in total. The van der Waals surface area contributed by atoms with Crippen molar-refractivity contribution < 1.29 is 15.0 Å². The molecule has 1 aromatic carbocycles. The highest BCUT2D eigenvalue weighted by molar-refractivity contribution is 9.10. The lowest BCUT2D eigenvalue weighted by molar-refractivity contribution is -0.116. The van der Waals surface area contributed by atoms with Gasteiger partial charge in [0, 0.05) is 16.5 Å². The van der Waals surface area contributed by atoms with Crippen molar-refractivity contribution >= 4 is 21.7 Å². The summed E-state index contributed by atoms with van der Waals surface area (Å²) >= 11 is 3.15. The molecule has 0 heterocycles. The summed E-state index contributed by atoms with van der Waals surface area (Å²) < 4.78 is 0.638. The Morgan fingerprint density at radius 1 is 1.46 bits per heavy atom. The van der Waals surface area contributed by atoms with Crippen LogP contribution in [0.1, 0.15) is 12.5 Å². The highest BCUT2D eigenvalue weighted by Gasteiger charge is 2.09. The first-order chi connectivity index (χ1) is 6.00. The highest BCUT2D eigenvalue weighted by atomic mass is 79.9. The average molecular weight is 245 g/mol. The van der Waals surface area contributed by atoms with Gasteiger partial charge in [0.2, 0.25) is 0 Å². The molecule has 0 radical (unpaired) electrons. The van der Waals surface area contributed by atoms with Gasteiger partial charge in [-0.05, 0) is 19.1 Å². The topological polar surface area (TPSA) is 57.5 Å². The van der Waals surface area contributed by atoms with Crippen molar-refractivity contribution in [1.82, 2.24) is 0 Å². The maximum atomic E-state index is 10.8. The van der Waals surface area contributed by atoms with Crippen LogP contribution in [-0.2, 0) is 11.2 Å². The molecule has 0 amide bonds. The van der Waals surface area contributed by atoms with E-state index in [9.17, 15) is 15.0 Å². The fraction of sp³-hybridized carbons (Fsp3) is 0.222. The van der Waals surface area contributed by atoms with Gasteiger partial charge in [-0.3, -0.25) is 4.79 Å². The summed E-state index contributed by atoms with van der Waals surface area (Å²) in [5.74, 6) is -0.503. The van der Waals surface area contributed by atoms with Crippen molar-refractivity contribution in [1.29, 1.82) is 0 Å². The molecule has 0 aromatic heterocycles. The first-order valence-electron chi connectivity index (χ1n) is 3.70. The van der Waals surface area contributed by atoms with E-state index in [2.05, 4.69) is 15.9 Å². The molecule has 1 aromatic rings. The van der Waals surface area contributed by atoms with Gasteiger partial charge in [0.15, 0.2) is 11.5 Å². The second-order valence-corrected chi connectivity index (χ2v) is 3.73. The molecule has 0 fully saturated rings.